The van der Waals surface area contributed by atoms with E-state index in [0.717, 1.165) is 18.2 Å². The van der Waals surface area contributed by atoms with Crippen molar-refractivity contribution in [3.05, 3.63) is 35.4 Å². The Morgan fingerprint density at radius 1 is 1.44 bits per heavy atom. The molecule has 1 aliphatic rings. The summed E-state index contributed by atoms with van der Waals surface area (Å²) in [5, 5.41) is 8.86. The van der Waals surface area contributed by atoms with Crippen LogP contribution >= 0.6 is 0 Å². The maximum Gasteiger partial charge on any atom is 0.0991 e. The van der Waals surface area contributed by atoms with Gasteiger partial charge in [0, 0.05) is 12.6 Å². The highest BCUT2D eigenvalue weighted by Crippen LogP contribution is 2.28. The van der Waals surface area contributed by atoms with Crippen LogP contribution in [0.1, 0.15) is 37.3 Å². The summed E-state index contributed by atoms with van der Waals surface area (Å²) in [6.45, 7) is 4.39. The quantitative estimate of drug-likeness (QED) is 0.753. The van der Waals surface area contributed by atoms with Gasteiger partial charge in [0.1, 0.15) is 0 Å². The van der Waals surface area contributed by atoms with Gasteiger partial charge in [-0.15, -0.1) is 0 Å². The molecule has 2 rings (SSSR count). The zero-order valence-corrected chi connectivity index (χ0v) is 9.82. The van der Waals surface area contributed by atoms with Crippen molar-refractivity contribution >= 4 is 0 Å². The summed E-state index contributed by atoms with van der Waals surface area (Å²) < 4.78 is 0. The molecule has 16 heavy (non-hydrogen) atoms. The smallest absolute Gasteiger partial charge is 0.0991 e. The van der Waals surface area contributed by atoms with Crippen LogP contribution < -0.4 is 0 Å². The van der Waals surface area contributed by atoms with Gasteiger partial charge in [0.25, 0.3) is 0 Å². The molecule has 0 atom stereocenters. The van der Waals surface area contributed by atoms with Crippen LogP contribution in [0.3, 0.4) is 0 Å². The van der Waals surface area contributed by atoms with Gasteiger partial charge in [0.15, 0.2) is 0 Å². The number of nitriles is 1. The lowest BCUT2D eigenvalue weighted by Gasteiger charge is -2.21. The Kier molecular flexibility index (Phi) is 3.58. The van der Waals surface area contributed by atoms with Crippen molar-refractivity contribution < 1.29 is 0 Å². The minimum absolute atomic E-state index is 0.768. The molecule has 0 aromatic heterocycles. The predicted molar refractivity (Wildman–Crippen MR) is 64.9 cm³/mol. The van der Waals surface area contributed by atoms with Gasteiger partial charge in [-0.3, -0.25) is 4.90 Å². The second-order valence-electron chi connectivity index (χ2n) is 4.51. The fourth-order valence-electron chi connectivity index (χ4n) is 2.09. The average molecular weight is 214 g/mol. The van der Waals surface area contributed by atoms with E-state index in [1.165, 1.54) is 31.4 Å². The first-order valence-electron chi connectivity index (χ1n) is 6.06. The highest BCUT2D eigenvalue weighted by molar-refractivity contribution is 5.32. The van der Waals surface area contributed by atoms with Crippen molar-refractivity contribution in [3.8, 4) is 6.07 Å². The highest BCUT2D eigenvalue weighted by Gasteiger charge is 2.28. The van der Waals surface area contributed by atoms with Gasteiger partial charge < -0.3 is 0 Å². The van der Waals surface area contributed by atoms with Crippen molar-refractivity contribution in [1.82, 2.24) is 4.90 Å². The lowest BCUT2D eigenvalue weighted by atomic mass is 10.1. The van der Waals surface area contributed by atoms with Gasteiger partial charge >= 0.3 is 0 Å². The van der Waals surface area contributed by atoms with Crippen LogP contribution in [0.5, 0.6) is 0 Å². The maximum absolute atomic E-state index is 8.86. The molecule has 0 bridgehead atoms. The third-order valence-electron chi connectivity index (χ3n) is 3.02. The molecule has 0 spiro atoms. The SMILES string of the molecule is CCCN(Cc1cccc(C#N)c1)C1CC1. The van der Waals surface area contributed by atoms with Crippen molar-refractivity contribution in [1.29, 1.82) is 5.26 Å². The van der Waals surface area contributed by atoms with Crippen LogP contribution in [0.15, 0.2) is 24.3 Å². The van der Waals surface area contributed by atoms with E-state index in [9.17, 15) is 0 Å². The van der Waals surface area contributed by atoms with Crippen LogP contribution in [-0.4, -0.2) is 17.5 Å². The Morgan fingerprint density at radius 2 is 2.25 bits per heavy atom. The van der Waals surface area contributed by atoms with Crippen molar-refractivity contribution in [3.63, 3.8) is 0 Å². The monoisotopic (exact) mass is 214 g/mol. The van der Waals surface area contributed by atoms with Crippen molar-refractivity contribution in [2.75, 3.05) is 6.54 Å². The molecule has 0 heterocycles. The summed E-state index contributed by atoms with van der Waals surface area (Å²) in [5.41, 5.74) is 2.03. The Labute approximate surface area is 97.5 Å². The first-order valence-corrected chi connectivity index (χ1v) is 6.06. The zero-order valence-electron chi connectivity index (χ0n) is 9.82. The molecule has 1 saturated carbocycles. The molecule has 1 aliphatic carbocycles. The molecule has 0 unspecified atom stereocenters. The minimum Gasteiger partial charge on any atom is -0.296 e. The lowest BCUT2D eigenvalue weighted by molar-refractivity contribution is 0.255. The molecule has 0 saturated heterocycles. The van der Waals surface area contributed by atoms with Gasteiger partial charge in [-0.1, -0.05) is 19.1 Å². The number of benzene rings is 1. The van der Waals surface area contributed by atoms with Crippen LogP contribution in [-0.2, 0) is 6.54 Å². The van der Waals surface area contributed by atoms with Crippen molar-refractivity contribution in [2.45, 2.75) is 38.8 Å². The molecule has 1 fully saturated rings. The molecule has 2 nitrogen and oxygen atoms in total. The molecule has 0 aliphatic heterocycles. The summed E-state index contributed by atoms with van der Waals surface area (Å²) in [6.07, 6.45) is 3.89. The lowest BCUT2D eigenvalue weighted by Crippen LogP contribution is -2.26. The molecular formula is C14H18N2. The topological polar surface area (TPSA) is 27.0 Å². The second-order valence-corrected chi connectivity index (χ2v) is 4.51. The first-order chi connectivity index (χ1) is 7.83. The van der Waals surface area contributed by atoms with Crippen molar-refractivity contribution in [2.24, 2.45) is 0 Å². The van der Waals surface area contributed by atoms with E-state index >= 15 is 0 Å². The average Bonchev–Trinajstić information content (AvgIpc) is 3.13. The number of rotatable bonds is 5. The van der Waals surface area contributed by atoms with Gasteiger partial charge in [-0.05, 0) is 43.5 Å². The first kappa shape index (κ1) is 11.2. The van der Waals surface area contributed by atoms with Crippen LogP contribution in [0, 0.1) is 11.3 Å². The predicted octanol–water partition coefficient (Wildman–Crippen LogP) is 2.93. The Balaban J connectivity index is 2.03. The standard InChI is InChI=1S/C14H18N2/c1-2-8-16(14-6-7-14)11-13-5-3-4-12(9-13)10-15/h3-5,9,14H,2,6-8,11H2,1H3. The summed E-state index contributed by atoms with van der Waals surface area (Å²) in [7, 11) is 0. The van der Waals surface area contributed by atoms with Crippen LogP contribution in [0.25, 0.3) is 0 Å². The van der Waals surface area contributed by atoms with E-state index in [0.29, 0.717) is 0 Å². The minimum atomic E-state index is 0.768. The number of hydrogen-bond acceptors (Lipinski definition) is 2. The van der Waals surface area contributed by atoms with E-state index in [2.05, 4.69) is 24.0 Å². The fourth-order valence-corrected chi connectivity index (χ4v) is 2.09. The van der Waals surface area contributed by atoms with E-state index in [1.54, 1.807) is 0 Å². The molecule has 0 amide bonds. The summed E-state index contributed by atoms with van der Waals surface area (Å²) >= 11 is 0. The van der Waals surface area contributed by atoms with Crippen LogP contribution in [0.4, 0.5) is 0 Å². The fraction of sp³-hybridized carbons (Fsp3) is 0.500. The Bertz CT molecular complexity index is 388. The van der Waals surface area contributed by atoms with Gasteiger partial charge in [0.2, 0.25) is 0 Å². The third kappa shape index (κ3) is 2.84. The second kappa shape index (κ2) is 5.14. The Hall–Kier alpha value is -1.33. The van der Waals surface area contributed by atoms with Crippen LogP contribution in [0.2, 0.25) is 0 Å². The summed E-state index contributed by atoms with van der Waals surface area (Å²) in [4.78, 5) is 2.54. The van der Waals surface area contributed by atoms with Gasteiger partial charge in [-0.25, -0.2) is 0 Å². The normalized spacial score (nSPS) is 15.1. The maximum atomic E-state index is 8.86. The largest absolute Gasteiger partial charge is 0.296 e. The molecule has 1 aromatic carbocycles. The number of nitrogens with zero attached hydrogens (tertiary/aromatic N) is 2. The molecular weight excluding hydrogens is 196 g/mol. The number of hydrogen-bond donors (Lipinski definition) is 0. The van der Waals surface area contributed by atoms with E-state index in [4.69, 9.17) is 5.26 Å². The van der Waals surface area contributed by atoms with Gasteiger partial charge in [-0.2, -0.15) is 5.26 Å². The van der Waals surface area contributed by atoms with E-state index in [1.807, 2.05) is 18.2 Å². The van der Waals surface area contributed by atoms with E-state index in [-0.39, 0.29) is 0 Å². The summed E-state index contributed by atoms with van der Waals surface area (Å²) in [6, 6.07) is 11.0. The molecule has 0 radical (unpaired) electrons. The molecule has 84 valence electrons. The molecule has 1 aromatic rings. The zero-order chi connectivity index (χ0) is 11.4. The van der Waals surface area contributed by atoms with Gasteiger partial charge in [0.05, 0.1) is 11.6 Å². The Morgan fingerprint density at radius 3 is 2.88 bits per heavy atom. The highest BCUT2D eigenvalue weighted by atomic mass is 15.2. The third-order valence-corrected chi connectivity index (χ3v) is 3.02. The van der Waals surface area contributed by atoms with E-state index < -0.39 is 0 Å². The summed E-state index contributed by atoms with van der Waals surface area (Å²) in [5.74, 6) is 0. The molecule has 0 N–H and O–H groups in total. The molecule has 2 heteroatoms.